The lowest BCUT2D eigenvalue weighted by molar-refractivity contribution is -0.136. The third-order valence-electron chi connectivity index (χ3n) is 1.55. The molecule has 0 radical (unpaired) electrons. The minimum absolute atomic E-state index is 0.395. The first-order valence-corrected chi connectivity index (χ1v) is 4.85. The van der Waals surface area contributed by atoms with Crippen LogP contribution in [0.4, 0.5) is 0 Å². The van der Waals surface area contributed by atoms with Crippen LogP contribution in [0.1, 0.15) is 6.92 Å². The summed E-state index contributed by atoms with van der Waals surface area (Å²) in [4.78, 5) is 21.4. The third-order valence-corrected chi connectivity index (χ3v) is 1.96. The fourth-order valence-electron chi connectivity index (χ4n) is 0.869. The Labute approximate surface area is 89.6 Å². The summed E-state index contributed by atoms with van der Waals surface area (Å²) in [5.74, 6) is -1.04. The lowest BCUT2D eigenvalue weighted by Crippen LogP contribution is -2.31. The molecule has 0 unspecified atom stereocenters. The number of Topliss-reactive ketones (excluding diaryl/α,β-unsaturated/α-hetero) is 1. The maximum absolute atomic E-state index is 10.8. The zero-order valence-electron chi connectivity index (χ0n) is 7.66. The largest absolute Gasteiger partial charge is 0.348 e. The number of rotatable bonds is 4. The zero-order chi connectivity index (χ0) is 10.6. The Morgan fingerprint density at radius 2 is 2.36 bits per heavy atom. The average molecular weight is 260 g/mol. The molecular formula is C8H10BrN3O2. The van der Waals surface area contributed by atoms with Crippen LogP contribution in [0, 0.1) is 0 Å². The van der Waals surface area contributed by atoms with E-state index in [0.29, 0.717) is 13.1 Å². The van der Waals surface area contributed by atoms with Crippen molar-refractivity contribution in [3.05, 3.63) is 16.9 Å². The molecule has 14 heavy (non-hydrogen) atoms. The number of aromatic nitrogens is 2. The van der Waals surface area contributed by atoms with Crippen LogP contribution in [-0.2, 0) is 16.1 Å². The normalized spacial score (nSPS) is 9.86. The number of halogens is 1. The van der Waals surface area contributed by atoms with E-state index in [-0.39, 0.29) is 0 Å². The number of ketones is 1. The Kier molecular flexibility index (Phi) is 3.82. The molecule has 1 heterocycles. The molecule has 0 spiro atoms. The van der Waals surface area contributed by atoms with Crippen molar-refractivity contribution in [2.75, 3.05) is 6.54 Å². The Hall–Kier alpha value is -1.17. The third kappa shape index (κ3) is 3.29. The van der Waals surface area contributed by atoms with Gasteiger partial charge in [-0.15, -0.1) is 0 Å². The topological polar surface area (TPSA) is 64.0 Å². The molecule has 0 saturated heterocycles. The highest BCUT2D eigenvalue weighted by Gasteiger charge is 2.05. The van der Waals surface area contributed by atoms with E-state index in [4.69, 9.17) is 0 Å². The summed E-state index contributed by atoms with van der Waals surface area (Å²) in [6.07, 6.45) is 3.45. The molecule has 5 nitrogen and oxygen atoms in total. The standard InChI is InChI=1S/C8H10BrN3O2/c1-6(13)8(14)10-2-3-12-5-7(9)4-11-12/h4-5H,2-3H2,1H3,(H,10,14). The average Bonchev–Trinajstić information content (AvgIpc) is 2.51. The molecule has 1 rings (SSSR count). The van der Waals surface area contributed by atoms with Gasteiger partial charge in [-0.3, -0.25) is 14.3 Å². The number of carbonyl (C=O) groups excluding carboxylic acids is 2. The summed E-state index contributed by atoms with van der Waals surface area (Å²) in [7, 11) is 0. The van der Waals surface area contributed by atoms with Gasteiger partial charge in [0.2, 0.25) is 5.78 Å². The minimum atomic E-state index is -0.559. The van der Waals surface area contributed by atoms with Gasteiger partial charge in [-0.1, -0.05) is 0 Å². The number of hydrogen-bond acceptors (Lipinski definition) is 3. The van der Waals surface area contributed by atoms with Gasteiger partial charge < -0.3 is 5.32 Å². The van der Waals surface area contributed by atoms with Crippen LogP contribution >= 0.6 is 15.9 Å². The summed E-state index contributed by atoms with van der Waals surface area (Å²) in [5, 5.41) is 6.47. The summed E-state index contributed by atoms with van der Waals surface area (Å²) in [6.45, 7) is 2.18. The fourth-order valence-corrected chi connectivity index (χ4v) is 1.20. The van der Waals surface area contributed by atoms with Gasteiger partial charge in [0.1, 0.15) is 0 Å². The summed E-state index contributed by atoms with van der Waals surface area (Å²) in [5.41, 5.74) is 0. The van der Waals surface area contributed by atoms with Crippen LogP contribution in [0.25, 0.3) is 0 Å². The molecule has 0 fully saturated rings. The Bertz CT molecular complexity index is 348. The van der Waals surface area contributed by atoms with Crippen LogP contribution in [0.2, 0.25) is 0 Å². The SMILES string of the molecule is CC(=O)C(=O)NCCn1cc(Br)cn1. The Morgan fingerprint density at radius 1 is 1.64 bits per heavy atom. The molecule has 0 bridgehead atoms. The predicted molar refractivity (Wildman–Crippen MR) is 53.6 cm³/mol. The van der Waals surface area contributed by atoms with Gasteiger partial charge >= 0.3 is 0 Å². The smallest absolute Gasteiger partial charge is 0.287 e. The van der Waals surface area contributed by atoms with Crippen LogP contribution in [0.15, 0.2) is 16.9 Å². The lowest BCUT2D eigenvalue weighted by atomic mass is 10.4. The second kappa shape index (κ2) is 4.90. The van der Waals surface area contributed by atoms with E-state index in [0.717, 1.165) is 4.47 Å². The van der Waals surface area contributed by atoms with E-state index in [1.54, 1.807) is 17.1 Å². The molecule has 0 atom stereocenters. The Balaban J connectivity index is 2.29. The van der Waals surface area contributed by atoms with E-state index in [2.05, 4.69) is 26.3 Å². The van der Waals surface area contributed by atoms with Gasteiger partial charge in [-0.2, -0.15) is 5.10 Å². The molecule has 0 aliphatic carbocycles. The fraction of sp³-hybridized carbons (Fsp3) is 0.375. The van der Waals surface area contributed by atoms with Crippen LogP contribution in [-0.4, -0.2) is 28.0 Å². The molecule has 0 saturated carbocycles. The van der Waals surface area contributed by atoms with Crippen LogP contribution in [0.3, 0.4) is 0 Å². The number of nitrogens with one attached hydrogen (secondary N) is 1. The molecule has 0 aliphatic heterocycles. The highest BCUT2D eigenvalue weighted by molar-refractivity contribution is 9.10. The van der Waals surface area contributed by atoms with Gasteiger partial charge in [0.05, 0.1) is 17.2 Å². The second-order valence-electron chi connectivity index (χ2n) is 2.73. The molecule has 1 aromatic heterocycles. The number of carbonyl (C=O) groups is 2. The number of amides is 1. The molecule has 1 N–H and O–H groups in total. The minimum Gasteiger partial charge on any atom is -0.348 e. The van der Waals surface area contributed by atoms with E-state index in [1.165, 1.54) is 6.92 Å². The first kappa shape index (κ1) is 10.9. The molecule has 0 aromatic carbocycles. The molecule has 6 heteroatoms. The van der Waals surface area contributed by atoms with Crippen molar-refractivity contribution in [1.29, 1.82) is 0 Å². The molecular weight excluding hydrogens is 250 g/mol. The highest BCUT2D eigenvalue weighted by atomic mass is 79.9. The first-order valence-electron chi connectivity index (χ1n) is 4.06. The van der Waals surface area contributed by atoms with Crippen molar-refractivity contribution in [1.82, 2.24) is 15.1 Å². The van der Waals surface area contributed by atoms with Crippen LogP contribution < -0.4 is 5.32 Å². The maximum Gasteiger partial charge on any atom is 0.287 e. The van der Waals surface area contributed by atoms with Crippen molar-refractivity contribution >= 4 is 27.6 Å². The van der Waals surface area contributed by atoms with E-state index in [9.17, 15) is 9.59 Å². The molecule has 1 amide bonds. The van der Waals surface area contributed by atoms with E-state index < -0.39 is 11.7 Å². The van der Waals surface area contributed by atoms with Crippen molar-refractivity contribution < 1.29 is 9.59 Å². The van der Waals surface area contributed by atoms with Crippen molar-refractivity contribution in [3.63, 3.8) is 0 Å². The molecule has 1 aromatic rings. The summed E-state index contributed by atoms with van der Waals surface area (Å²) < 4.78 is 2.56. The van der Waals surface area contributed by atoms with Gasteiger partial charge in [-0.25, -0.2) is 0 Å². The molecule has 0 aliphatic rings. The summed E-state index contributed by atoms with van der Waals surface area (Å²) in [6, 6.07) is 0. The zero-order valence-corrected chi connectivity index (χ0v) is 9.24. The highest BCUT2D eigenvalue weighted by Crippen LogP contribution is 2.05. The van der Waals surface area contributed by atoms with Gasteiger partial charge in [-0.05, 0) is 15.9 Å². The second-order valence-corrected chi connectivity index (χ2v) is 3.65. The maximum atomic E-state index is 10.8. The molecule has 76 valence electrons. The van der Waals surface area contributed by atoms with Crippen molar-refractivity contribution in [2.24, 2.45) is 0 Å². The monoisotopic (exact) mass is 259 g/mol. The van der Waals surface area contributed by atoms with Gasteiger partial charge in [0, 0.05) is 19.7 Å². The van der Waals surface area contributed by atoms with Crippen molar-refractivity contribution in [3.8, 4) is 0 Å². The summed E-state index contributed by atoms with van der Waals surface area (Å²) >= 11 is 3.25. The quantitative estimate of drug-likeness (QED) is 0.794. The first-order chi connectivity index (χ1) is 6.59. The van der Waals surface area contributed by atoms with Crippen molar-refractivity contribution in [2.45, 2.75) is 13.5 Å². The number of hydrogen-bond donors (Lipinski definition) is 1. The van der Waals surface area contributed by atoms with Gasteiger partial charge in [0.25, 0.3) is 5.91 Å². The van der Waals surface area contributed by atoms with Crippen LogP contribution in [0.5, 0.6) is 0 Å². The van der Waals surface area contributed by atoms with E-state index >= 15 is 0 Å². The lowest BCUT2D eigenvalue weighted by Gasteiger charge is -2.02. The predicted octanol–water partition coefficient (Wildman–Crippen LogP) is 0.351. The number of nitrogens with zero attached hydrogens (tertiary/aromatic N) is 2. The van der Waals surface area contributed by atoms with Gasteiger partial charge in [0.15, 0.2) is 0 Å². The van der Waals surface area contributed by atoms with E-state index in [1.807, 2.05) is 0 Å². The Morgan fingerprint density at radius 3 is 2.86 bits per heavy atom.